The van der Waals surface area contributed by atoms with E-state index in [4.69, 9.17) is 4.74 Å². The topological polar surface area (TPSA) is 50.7 Å². The molecule has 0 radical (unpaired) electrons. The minimum atomic E-state index is -0.135. The Morgan fingerprint density at radius 2 is 1.84 bits per heavy atom. The van der Waals surface area contributed by atoms with Gasteiger partial charge in [-0.25, -0.2) is 4.99 Å². The minimum absolute atomic E-state index is 0.135. The summed E-state index contributed by atoms with van der Waals surface area (Å²) >= 11 is 0. The number of methoxy groups -OCH3 is 1. The molecule has 2 aromatic carbocycles. The molecule has 0 fully saturated rings. The lowest BCUT2D eigenvalue weighted by molar-refractivity contribution is -0.115. The molecule has 0 unspecified atom stereocenters. The molecular weight excluding hydrogens is 312 g/mol. The van der Waals surface area contributed by atoms with Crippen molar-refractivity contribution in [3.8, 4) is 5.75 Å². The fraction of sp³-hybridized carbons (Fsp3) is 0.238. The van der Waals surface area contributed by atoms with Crippen LogP contribution in [0.15, 0.2) is 53.2 Å². The smallest absolute Gasteiger partial charge is 0.275 e. The standard InChI is InChI=1S/C21H22N2O2/c1-14-4-8-17(15(2)12-14)13-19-21(24)23-20(22-19)11-7-16-5-9-18(25-3)10-6-16/h4-6,8-10,12-13H,7,11H2,1-3H3,(H,22,23,24)/b19-13-. The Morgan fingerprint density at radius 3 is 2.52 bits per heavy atom. The van der Waals surface area contributed by atoms with Gasteiger partial charge in [0.1, 0.15) is 17.3 Å². The predicted octanol–water partition coefficient (Wildman–Crippen LogP) is 3.81. The number of aliphatic imine (C=N–C) groups is 1. The third-order valence-electron chi connectivity index (χ3n) is 4.27. The number of nitrogens with zero attached hydrogens (tertiary/aromatic N) is 1. The number of aryl methyl sites for hydroxylation is 3. The van der Waals surface area contributed by atoms with Crippen molar-refractivity contribution in [2.24, 2.45) is 4.99 Å². The molecular formula is C21H22N2O2. The van der Waals surface area contributed by atoms with Crippen LogP contribution in [-0.2, 0) is 11.2 Å². The van der Waals surface area contributed by atoms with E-state index in [9.17, 15) is 4.79 Å². The highest BCUT2D eigenvalue weighted by Crippen LogP contribution is 2.18. The zero-order chi connectivity index (χ0) is 17.8. The second-order valence-corrected chi connectivity index (χ2v) is 6.25. The highest BCUT2D eigenvalue weighted by molar-refractivity contribution is 6.14. The summed E-state index contributed by atoms with van der Waals surface area (Å²) in [6.45, 7) is 4.10. The lowest BCUT2D eigenvalue weighted by Crippen LogP contribution is -2.24. The fourth-order valence-electron chi connectivity index (χ4n) is 2.83. The zero-order valence-electron chi connectivity index (χ0n) is 14.8. The first-order chi connectivity index (χ1) is 12.0. The molecule has 2 aromatic rings. The van der Waals surface area contributed by atoms with Gasteiger partial charge in [-0.1, -0.05) is 35.9 Å². The van der Waals surface area contributed by atoms with Crippen LogP contribution >= 0.6 is 0 Å². The van der Waals surface area contributed by atoms with E-state index in [1.165, 1.54) is 11.1 Å². The van der Waals surface area contributed by atoms with Gasteiger partial charge in [0, 0.05) is 6.42 Å². The number of nitrogens with one attached hydrogen (secondary N) is 1. The first kappa shape index (κ1) is 17.0. The molecule has 0 aliphatic carbocycles. The van der Waals surface area contributed by atoms with Crippen molar-refractivity contribution in [2.75, 3.05) is 7.11 Å². The van der Waals surface area contributed by atoms with Crippen LogP contribution in [-0.4, -0.2) is 18.9 Å². The summed E-state index contributed by atoms with van der Waals surface area (Å²) in [5, 5.41) is 2.87. The average Bonchev–Trinajstić information content (AvgIpc) is 2.96. The van der Waals surface area contributed by atoms with Gasteiger partial charge in [0.2, 0.25) is 0 Å². The highest BCUT2D eigenvalue weighted by Gasteiger charge is 2.19. The second kappa shape index (κ2) is 7.34. The van der Waals surface area contributed by atoms with Gasteiger partial charge < -0.3 is 10.1 Å². The Bertz CT molecular complexity index is 849. The summed E-state index contributed by atoms with van der Waals surface area (Å²) < 4.78 is 5.16. The molecule has 1 N–H and O–H groups in total. The molecule has 3 rings (SSSR count). The largest absolute Gasteiger partial charge is 0.497 e. The van der Waals surface area contributed by atoms with E-state index in [2.05, 4.69) is 23.3 Å². The molecule has 4 nitrogen and oxygen atoms in total. The molecule has 25 heavy (non-hydrogen) atoms. The number of benzene rings is 2. The Kier molecular flexibility index (Phi) is 4.98. The number of hydrogen-bond acceptors (Lipinski definition) is 3. The predicted molar refractivity (Wildman–Crippen MR) is 101 cm³/mol. The maximum Gasteiger partial charge on any atom is 0.275 e. The van der Waals surface area contributed by atoms with Gasteiger partial charge in [-0.15, -0.1) is 0 Å². The third-order valence-corrected chi connectivity index (χ3v) is 4.27. The third kappa shape index (κ3) is 4.15. The van der Waals surface area contributed by atoms with Crippen LogP contribution in [0.2, 0.25) is 0 Å². The van der Waals surface area contributed by atoms with Crippen LogP contribution in [0.3, 0.4) is 0 Å². The Morgan fingerprint density at radius 1 is 1.08 bits per heavy atom. The van der Waals surface area contributed by atoms with Crippen molar-refractivity contribution in [1.82, 2.24) is 5.32 Å². The second-order valence-electron chi connectivity index (χ2n) is 6.25. The van der Waals surface area contributed by atoms with E-state index in [0.717, 1.165) is 29.1 Å². The molecule has 4 heteroatoms. The summed E-state index contributed by atoms with van der Waals surface area (Å²) in [6, 6.07) is 14.1. The molecule has 1 aliphatic heterocycles. The summed E-state index contributed by atoms with van der Waals surface area (Å²) in [6.07, 6.45) is 3.37. The average molecular weight is 334 g/mol. The summed E-state index contributed by atoms with van der Waals surface area (Å²) in [7, 11) is 1.65. The fourth-order valence-corrected chi connectivity index (χ4v) is 2.83. The number of ether oxygens (including phenoxy) is 1. The summed E-state index contributed by atoms with van der Waals surface area (Å²) in [5.74, 6) is 1.43. The molecule has 0 saturated heterocycles. The highest BCUT2D eigenvalue weighted by atomic mass is 16.5. The van der Waals surface area contributed by atoms with E-state index in [1.807, 2.05) is 49.4 Å². The van der Waals surface area contributed by atoms with Gasteiger partial charge in [0.25, 0.3) is 5.91 Å². The van der Waals surface area contributed by atoms with Crippen LogP contribution < -0.4 is 10.1 Å². The van der Waals surface area contributed by atoms with E-state index in [0.29, 0.717) is 12.1 Å². The molecule has 1 amide bonds. The van der Waals surface area contributed by atoms with Gasteiger partial charge in [0.15, 0.2) is 0 Å². The molecule has 128 valence electrons. The van der Waals surface area contributed by atoms with Crippen molar-refractivity contribution >= 4 is 17.8 Å². The number of amides is 1. The molecule has 0 atom stereocenters. The molecule has 0 aromatic heterocycles. The van der Waals surface area contributed by atoms with E-state index in [1.54, 1.807) is 7.11 Å². The van der Waals surface area contributed by atoms with Crippen molar-refractivity contribution in [1.29, 1.82) is 0 Å². The minimum Gasteiger partial charge on any atom is -0.497 e. The molecule has 0 spiro atoms. The van der Waals surface area contributed by atoms with Gasteiger partial charge in [0.05, 0.1) is 7.11 Å². The van der Waals surface area contributed by atoms with Gasteiger partial charge in [-0.3, -0.25) is 4.79 Å². The monoisotopic (exact) mass is 334 g/mol. The van der Waals surface area contributed by atoms with Crippen LogP contribution in [0, 0.1) is 13.8 Å². The van der Waals surface area contributed by atoms with Crippen LogP contribution in [0.5, 0.6) is 5.75 Å². The Balaban J connectivity index is 1.70. The first-order valence-electron chi connectivity index (χ1n) is 8.36. The summed E-state index contributed by atoms with van der Waals surface area (Å²) in [5.41, 5.74) is 5.03. The lowest BCUT2D eigenvalue weighted by atomic mass is 10.0. The molecule has 0 bridgehead atoms. The maximum absolute atomic E-state index is 12.2. The first-order valence-corrected chi connectivity index (χ1v) is 8.36. The van der Waals surface area contributed by atoms with E-state index in [-0.39, 0.29) is 5.91 Å². The van der Waals surface area contributed by atoms with Crippen molar-refractivity contribution in [3.05, 3.63) is 70.4 Å². The van der Waals surface area contributed by atoms with Crippen LogP contribution in [0.25, 0.3) is 6.08 Å². The molecule has 1 aliphatic rings. The molecule has 0 saturated carbocycles. The Labute approximate surface area is 148 Å². The van der Waals surface area contributed by atoms with Crippen molar-refractivity contribution in [2.45, 2.75) is 26.7 Å². The summed E-state index contributed by atoms with van der Waals surface area (Å²) in [4.78, 5) is 16.6. The van der Waals surface area contributed by atoms with Crippen LogP contribution in [0.4, 0.5) is 0 Å². The van der Waals surface area contributed by atoms with Crippen molar-refractivity contribution < 1.29 is 9.53 Å². The number of carbonyl (C=O) groups is 1. The molecule has 1 heterocycles. The maximum atomic E-state index is 12.2. The normalized spacial score (nSPS) is 15.2. The van der Waals surface area contributed by atoms with Gasteiger partial charge in [-0.05, 0) is 55.2 Å². The number of carbonyl (C=O) groups excluding carboxylic acids is 1. The van der Waals surface area contributed by atoms with E-state index < -0.39 is 0 Å². The zero-order valence-corrected chi connectivity index (χ0v) is 14.8. The Hall–Kier alpha value is -2.88. The van der Waals surface area contributed by atoms with Crippen LogP contribution in [0.1, 0.15) is 28.7 Å². The SMILES string of the molecule is COc1ccc(CCC2=N/C(=C\c3ccc(C)cc3C)C(=O)N2)cc1. The van der Waals surface area contributed by atoms with Gasteiger partial charge in [-0.2, -0.15) is 0 Å². The quantitative estimate of drug-likeness (QED) is 0.845. The number of amidine groups is 1. The number of hydrogen-bond donors (Lipinski definition) is 1. The van der Waals surface area contributed by atoms with E-state index >= 15 is 0 Å². The number of rotatable bonds is 5. The van der Waals surface area contributed by atoms with Gasteiger partial charge >= 0.3 is 0 Å². The lowest BCUT2D eigenvalue weighted by Gasteiger charge is -2.03. The van der Waals surface area contributed by atoms with Crippen molar-refractivity contribution in [3.63, 3.8) is 0 Å².